The van der Waals surface area contributed by atoms with Crippen LogP contribution in [0.2, 0.25) is 0 Å². The van der Waals surface area contributed by atoms with Crippen LogP contribution in [0.4, 0.5) is 0 Å². The first-order valence-electron chi connectivity index (χ1n) is 10.6. The number of rotatable bonds is 6. The minimum Gasteiger partial charge on any atom is -0.508 e. The zero-order valence-corrected chi connectivity index (χ0v) is 17.5. The first kappa shape index (κ1) is 20.2. The van der Waals surface area contributed by atoms with Gasteiger partial charge in [0.1, 0.15) is 17.7 Å². The highest BCUT2D eigenvalue weighted by molar-refractivity contribution is 6.01. The molecule has 0 aromatic heterocycles. The third-order valence-electron chi connectivity index (χ3n) is 5.56. The van der Waals surface area contributed by atoms with Crippen LogP contribution in [0.1, 0.15) is 54.7 Å². The van der Waals surface area contributed by atoms with Gasteiger partial charge in [-0.2, -0.15) is 0 Å². The smallest absolute Gasteiger partial charge is 0.129 e. The molecule has 0 aliphatic carbocycles. The molecule has 2 N–H and O–H groups in total. The van der Waals surface area contributed by atoms with Crippen LogP contribution in [-0.2, 0) is 6.42 Å². The molecule has 154 valence electrons. The Kier molecular flexibility index (Phi) is 6.15. The van der Waals surface area contributed by atoms with Gasteiger partial charge >= 0.3 is 0 Å². The number of nitrogens with zero attached hydrogens (tertiary/aromatic N) is 1. The fourth-order valence-corrected chi connectivity index (χ4v) is 3.95. The predicted molar refractivity (Wildman–Crippen MR) is 121 cm³/mol. The van der Waals surface area contributed by atoms with Crippen molar-refractivity contribution in [3.8, 4) is 11.5 Å². The molecule has 0 fully saturated rings. The summed E-state index contributed by atoms with van der Waals surface area (Å²) in [5.41, 5.74) is 5.34. The molecule has 0 unspecified atom stereocenters. The van der Waals surface area contributed by atoms with Crippen LogP contribution < -0.4 is 10.1 Å². The lowest BCUT2D eigenvalue weighted by Gasteiger charge is -2.31. The second-order valence-electron chi connectivity index (χ2n) is 7.48. The van der Waals surface area contributed by atoms with Crippen LogP contribution >= 0.6 is 0 Å². The molecule has 30 heavy (non-hydrogen) atoms. The highest BCUT2D eigenvalue weighted by Gasteiger charge is 2.28. The molecule has 0 bridgehead atoms. The molecule has 0 spiro atoms. The Labute approximate surface area is 178 Å². The highest BCUT2D eigenvalue weighted by Crippen LogP contribution is 2.36. The van der Waals surface area contributed by atoms with Crippen LogP contribution in [0.15, 0.2) is 77.8 Å². The van der Waals surface area contributed by atoms with Crippen LogP contribution in [0.3, 0.4) is 0 Å². The van der Waals surface area contributed by atoms with Crippen molar-refractivity contribution in [1.29, 1.82) is 0 Å². The van der Waals surface area contributed by atoms with Crippen LogP contribution in [0.25, 0.3) is 0 Å². The lowest BCUT2D eigenvalue weighted by Crippen LogP contribution is -2.33. The van der Waals surface area contributed by atoms with Crippen molar-refractivity contribution in [2.24, 2.45) is 4.99 Å². The molecule has 1 aliphatic heterocycles. The number of aliphatic imine (C=N–C) groups is 1. The Morgan fingerprint density at radius 2 is 1.63 bits per heavy atom. The summed E-state index contributed by atoms with van der Waals surface area (Å²) in [5.74, 6) is 1.13. The summed E-state index contributed by atoms with van der Waals surface area (Å²) in [6.07, 6.45) is 1.46. The van der Waals surface area contributed by atoms with Crippen molar-refractivity contribution >= 4 is 5.71 Å². The molecule has 4 heteroatoms. The summed E-state index contributed by atoms with van der Waals surface area (Å²) in [7, 11) is 0. The molecule has 3 aromatic rings. The Morgan fingerprint density at radius 1 is 0.933 bits per heavy atom. The second kappa shape index (κ2) is 9.14. The fraction of sp³-hybridized carbons (Fsp3) is 0.269. The number of para-hydroxylation sites is 2. The number of nitrogens with one attached hydrogen (secondary N) is 1. The first-order valence-corrected chi connectivity index (χ1v) is 10.6. The Hall–Kier alpha value is -3.11. The van der Waals surface area contributed by atoms with E-state index in [2.05, 4.69) is 42.6 Å². The first-order chi connectivity index (χ1) is 14.7. The number of hydrogen-bond donors (Lipinski definition) is 2. The fourth-order valence-electron chi connectivity index (χ4n) is 3.95. The molecular weight excluding hydrogens is 372 g/mol. The normalized spacial score (nSPS) is 18.7. The van der Waals surface area contributed by atoms with Crippen LogP contribution in [0, 0.1) is 0 Å². The number of hydrogen-bond acceptors (Lipinski definition) is 4. The van der Waals surface area contributed by atoms with Crippen LogP contribution in [-0.4, -0.2) is 17.4 Å². The summed E-state index contributed by atoms with van der Waals surface area (Å²) >= 11 is 0. The van der Waals surface area contributed by atoms with Crippen molar-refractivity contribution in [2.75, 3.05) is 6.61 Å². The van der Waals surface area contributed by atoms with Gasteiger partial charge in [0.2, 0.25) is 0 Å². The Bertz CT molecular complexity index is 1030. The minimum atomic E-state index is -0.257. The molecule has 1 aliphatic rings. The summed E-state index contributed by atoms with van der Waals surface area (Å²) in [5, 5.41) is 14.1. The molecule has 3 aromatic carbocycles. The lowest BCUT2D eigenvalue weighted by molar-refractivity contribution is 0.327. The maximum absolute atomic E-state index is 10.5. The van der Waals surface area contributed by atoms with Gasteiger partial charge in [-0.25, -0.2) is 0 Å². The van der Waals surface area contributed by atoms with E-state index in [4.69, 9.17) is 9.73 Å². The maximum atomic E-state index is 10.5. The van der Waals surface area contributed by atoms with Gasteiger partial charge in [-0.05, 0) is 36.6 Å². The summed E-state index contributed by atoms with van der Waals surface area (Å²) in [4.78, 5) is 5.07. The zero-order chi connectivity index (χ0) is 20.9. The van der Waals surface area contributed by atoms with Gasteiger partial charge < -0.3 is 9.84 Å². The second-order valence-corrected chi connectivity index (χ2v) is 7.48. The van der Waals surface area contributed by atoms with Gasteiger partial charge in [-0.1, -0.05) is 67.6 Å². The van der Waals surface area contributed by atoms with Gasteiger partial charge in [0.15, 0.2) is 0 Å². The van der Waals surface area contributed by atoms with E-state index in [0.29, 0.717) is 18.8 Å². The van der Waals surface area contributed by atoms with E-state index < -0.39 is 0 Å². The van der Waals surface area contributed by atoms with Gasteiger partial charge in [-0.3, -0.25) is 10.3 Å². The van der Waals surface area contributed by atoms with Crippen molar-refractivity contribution in [2.45, 2.75) is 38.9 Å². The standard InChI is InChI=1S/C26H28N2O2/c1-3-18-13-15-19(16-14-18)22-17-23(20-9-5-7-11-24(20)29)28-26(27-22)21-10-6-8-12-25(21)30-4-2/h5-16,23,26,28-29H,3-4,17H2,1-2H3/t23-,26+/m0/s1. The van der Waals surface area contributed by atoms with Crippen LogP contribution in [0.5, 0.6) is 11.5 Å². The highest BCUT2D eigenvalue weighted by atomic mass is 16.5. The predicted octanol–water partition coefficient (Wildman–Crippen LogP) is 5.58. The topological polar surface area (TPSA) is 53.9 Å². The average Bonchev–Trinajstić information content (AvgIpc) is 2.80. The quantitative estimate of drug-likeness (QED) is 0.568. The number of benzene rings is 3. The monoisotopic (exact) mass is 400 g/mol. The van der Waals surface area contributed by atoms with E-state index in [1.165, 1.54) is 5.56 Å². The Balaban J connectivity index is 1.76. The molecule has 4 rings (SSSR count). The number of phenolic OH excluding ortho intramolecular Hbond substituents is 1. The van der Waals surface area contributed by atoms with Crippen molar-refractivity contribution < 1.29 is 9.84 Å². The third-order valence-corrected chi connectivity index (χ3v) is 5.56. The summed E-state index contributed by atoms with van der Waals surface area (Å²) in [6, 6.07) is 24.1. The Morgan fingerprint density at radius 3 is 2.33 bits per heavy atom. The van der Waals surface area contributed by atoms with E-state index in [1.54, 1.807) is 6.07 Å². The van der Waals surface area contributed by atoms with Gasteiger partial charge in [0, 0.05) is 29.3 Å². The maximum Gasteiger partial charge on any atom is 0.129 e. The molecule has 2 atom stereocenters. The molecular formula is C26H28N2O2. The zero-order valence-electron chi connectivity index (χ0n) is 17.5. The van der Waals surface area contributed by atoms with E-state index in [-0.39, 0.29) is 12.2 Å². The van der Waals surface area contributed by atoms with Crippen molar-refractivity contribution in [3.05, 3.63) is 95.1 Å². The summed E-state index contributed by atoms with van der Waals surface area (Å²) < 4.78 is 5.87. The van der Waals surface area contributed by atoms with E-state index in [1.807, 2.05) is 43.3 Å². The lowest BCUT2D eigenvalue weighted by atomic mass is 9.93. The number of phenols is 1. The number of ether oxygens (including phenoxy) is 1. The molecule has 0 saturated carbocycles. The largest absolute Gasteiger partial charge is 0.508 e. The van der Waals surface area contributed by atoms with Crippen molar-refractivity contribution in [1.82, 2.24) is 5.32 Å². The molecule has 0 radical (unpaired) electrons. The number of aryl methyl sites for hydroxylation is 1. The minimum absolute atomic E-state index is 0.0516. The van der Waals surface area contributed by atoms with Crippen molar-refractivity contribution in [3.63, 3.8) is 0 Å². The van der Waals surface area contributed by atoms with E-state index in [9.17, 15) is 5.11 Å². The van der Waals surface area contributed by atoms with E-state index >= 15 is 0 Å². The molecule has 0 saturated heterocycles. The number of aromatic hydroxyl groups is 1. The molecule has 4 nitrogen and oxygen atoms in total. The van der Waals surface area contributed by atoms with Gasteiger partial charge in [0.05, 0.1) is 6.61 Å². The van der Waals surface area contributed by atoms with Gasteiger partial charge in [0.25, 0.3) is 0 Å². The summed E-state index contributed by atoms with van der Waals surface area (Å²) in [6.45, 7) is 4.74. The molecule has 0 amide bonds. The average molecular weight is 401 g/mol. The van der Waals surface area contributed by atoms with Gasteiger partial charge in [-0.15, -0.1) is 0 Å². The third kappa shape index (κ3) is 4.24. The SMILES string of the molecule is CCOc1ccccc1[C@@H]1N=C(c2ccc(CC)cc2)C[C@@H](c2ccccc2O)N1. The molecule has 1 heterocycles. The van der Waals surface area contributed by atoms with E-state index in [0.717, 1.165) is 34.6 Å².